The van der Waals surface area contributed by atoms with Crippen LogP contribution in [0, 0.1) is 41.0 Å². The van der Waals surface area contributed by atoms with Crippen LogP contribution < -0.4 is 4.74 Å². The lowest BCUT2D eigenvalue weighted by molar-refractivity contribution is 0.0524. The zero-order valence-electron chi connectivity index (χ0n) is 14.0. The number of rotatable bonds is 4. The van der Waals surface area contributed by atoms with Gasteiger partial charge in [-0.05, 0) is 37.0 Å². The van der Waals surface area contributed by atoms with Gasteiger partial charge in [0.05, 0.1) is 0 Å². The molecular weight excluding hydrogens is 364 g/mol. The molecule has 0 radical (unpaired) electrons. The van der Waals surface area contributed by atoms with Gasteiger partial charge in [0.15, 0.2) is 22.3 Å². The van der Waals surface area contributed by atoms with Gasteiger partial charge < -0.3 is 4.74 Å². The molecule has 3 atom stereocenters. The zero-order chi connectivity index (χ0) is 19.1. The predicted molar refractivity (Wildman–Crippen MR) is 81.8 cm³/mol. The Morgan fingerprint density at radius 3 is 2.00 bits per heavy atom. The van der Waals surface area contributed by atoms with E-state index >= 15 is 0 Å². The third-order valence-electron chi connectivity index (χ3n) is 4.82. The zero-order valence-corrected chi connectivity index (χ0v) is 14.8. The highest BCUT2D eigenvalue weighted by molar-refractivity contribution is 7.85. The van der Waals surface area contributed by atoms with E-state index in [1.807, 2.05) is 13.8 Å². The maximum Gasteiger partial charge on any atom is 0.300 e. The van der Waals surface area contributed by atoms with E-state index < -0.39 is 50.1 Å². The number of ether oxygens (including phenoxy) is 1. The summed E-state index contributed by atoms with van der Waals surface area (Å²) in [5, 5.41) is 0. The molecule has 0 amide bonds. The molecule has 1 aliphatic carbocycles. The van der Waals surface area contributed by atoms with Crippen LogP contribution in [0.2, 0.25) is 0 Å². The van der Waals surface area contributed by atoms with Crippen molar-refractivity contribution in [2.24, 2.45) is 17.8 Å². The van der Waals surface area contributed by atoms with Crippen LogP contribution in [0.4, 0.5) is 17.6 Å². The molecule has 0 saturated heterocycles. The number of halogens is 4. The first-order valence-corrected chi connectivity index (χ1v) is 9.39. The molecular formula is C16H20F4O4S. The molecule has 142 valence electrons. The molecule has 0 spiro atoms. The molecule has 1 N–H and O–H groups in total. The summed E-state index contributed by atoms with van der Waals surface area (Å²) in [6.07, 6.45) is 1.43. The molecule has 1 unspecified atom stereocenters. The van der Waals surface area contributed by atoms with Gasteiger partial charge in [-0.2, -0.15) is 17.2 Å². The Hall–Kier alpha value is -1.35. The summed E-state index contributed by atoms with van der Waals surface area (Å²) < 4.78 is 91.8. The van der Waals surface area contributed by atoms with E-state index in [2.05, 4.69) is 0 Å². The highest BCUT2D eigenvalue weighted by Crippen LogP contribution is 2.38. The van der Waals surface area contributed by atoms with Crippen LogP contribution in [0.5, 0.6) is 5.75 Å². The van der Waals surface area contributed by atoms with Crippen LogP contribution in [-0.4, -0.2) is 19.1 Å². The second-order valence-corrected chi connectivity index (χ2v) is 8.20. The van der Waals surface area contributed by atoms with Crippen molar-refractivity contribution in [3.05, 3.63) is 23.3 Å². The maximum atomic E-state index is 14.1. The van der Waals surface area contributed by atoms with E-state index in [1.54, 1.807) is 6.92 Å². The summed E-state index contributed by atoms with van der Waals surface area (Å²) in [6, 6.07) is 0. The lowest BCUT2D eigenvalue weighted by Crippen LogP contribution is -2.35. The molecule has 0 aromatic heterocycles. The summed E-state index contributed by atoms with van der Waals surface area (Å²) in [4.78, 5) is -2.06. The highest BCUT2D eigenvalue weighted by atomic mass is 32.2. The largest absolute Gasteiger partial charge is 0.484 e. The molecule has 1 fully saturated rings. The Kier molecular flexibility index (Phi) is 5.68. The van der Waals surface area contributed by atoms with Crippen molar-refractivity contribution in [3.8, 4) is 5.75 Å². The molecule has 0 heterocycles. The Morgan fingerprint density at radius 2 is 1.56 bits per heavy atom. The SMILES string of the molecule is CC(C)[C@H]1CC[C@H](C)C(Oc2c(F)c(F)c(S(=O)(=O)O)c(F)c2F)C1. The van der Waals surface area contributed by atoms with Crippen LogP contribution in [0.15, 0.2) is 4.90 Å². The van der Waals surface area contributed by atoms with Crippen molar-refractivity contribution < 1.29 is 35.3 Å². The fourth-order valence-corrected chi connectivity index (χ4v) is 3.79. The summed E-state index contributed by atoms with van der Waals surface area (Å²) >= 11 is 0. The average Bonchev–Trinajstić information content (AvgIpc) is 2.49. The van der Waals surface area contributed by atoms with E-state index in [0.717, 1.165) is 12.8 Å². The fraction of sp³-hybridized carbons (Fsp3) is 0.625. The summed E-state index contributed by atoms with van der Waals surface area (Å²) in [5.41, 5.74) is 0. The third kappa shape index (κ3) is 3.92. The van der Waals surface area contributed by atoms with Crippen LogP contribution in [0.3, 0.4) is 0 Å². The van der Waals surface area contributed by atoms with Gasteiger partial charge >= 0.3 is 10.1 Å². The van der Waals surface area contributed by atoms with E-state index in [9.17, 15) is 26.0 Å². The first-order valence-electron chi connectivity index (χ1n) is 7.95. The Morgan fingerprint density at radius 1 is 1.04 bits per heavy atom. The van der Waals surface area contributed by atoms with Gasteiger partial charge in [0, 0.05) is 0 Å². The quantitative estimate of drug-likeness (QED) is 0.477. The van der Waals surface area contributed by atoms with Crippen molar-refractivity contribution in [2.45, 2.75) is 51.0 Å². The first-order chi connectivity index (χ1) is 11.4. The number of hydrogen-bond acceptors (Lipinski definition) is 3. The molecule has 2 rings (SSSR count). The standard InChI is InChI=1S/C16H20F4O4S/c1-7(2)9-5-4-8(3)10(6-9)24-15-11(17)13(19)16(25(21,22)23)14(20)12(15)18/h7-10H,4-6H2,1-3H3,(H,21,22,23)/t8-,9-,10?/m0/s1. The van der Waals surface area contributed by atoms with Crippen LogP contribution in [0.25, 0.3) is 0 Å². The van der Waals surface area contributed by atoms with Gasteiger partial charge in [0.25, 0.3) is 0 Å². The van der Waals surface area contributed by atoms with Crippen molar-refractivity contribution in [1.29, 1.82) is 0 Å². The molecule has 9 heteroatoms. The topological polar surface area (TPSA) is 63.6 Å². The molecule has 4 nitrogen and oxygen atoms in total. The van der Waals surface area contributed by atoms with E-state index in [0.29, 0.717) is 12.3 Å². The van der Waals surface area contributed by atoms with Crippen LogP contribution in [0.1, 0.15) is 40.0 Å². The highest BCUT2D eigenvalue weighted by Gasteiger charge is 2.36. The second-order valence-electron chi connectivity index (χ2n) is 6.84. The fourth-order valence-electron chi connectivity index (χ4n) is 3.15. The van der Waals surface area contributed by atoms with Gasteiger partial charge in [-0.3, -0.25) is 4.55 Å². The molecule has 25 heavy (non-hydrogen) atoms. The van der Waals surface area contributed by atoms with Gasteiger partial charge in [-0.1, -0.05) is 20.8 Å². The molecule has 1 saturated carbocycles. The van der Waals surface area contributed by atoms with Crippen molar-refractivity contribution >= 4 is 10.1 Å². The molecule has 1 aliphatic rings. The minimum absolute atomic E-state index is 0.0961. The van der Waals surface area contributed by atoms with Crippen LogP contribution >= 0.6 is 0 Å². The summed E-state index contributed by atoms with van der Waals surface area (Å²) in [5.74, 6) is -9.23. The van der Waals surface area contributed by atoms with Crippen molar-refractivity contribution in [1.82, 2.24) is 0 Å². The maximum absolute atomic E-state index is 14.1. The number of benzene rings is 1. The first kappa shape index (κ1) is 20.0. The smallest absolute Gasteiger partial charge is 0.300 e. The third-order valence-corrected chi connectivity index (χ3v) is 5.69. The lowest BCUT2D eigenvalue weighted by Gasteiger charge is -2.36. The molecule has 1 aromatic carbocycles. The summed E-state index contributed by atoms with van der Waals surface area (Å²) in [7, 11) is -5.48. The van der Waals surface area contributed by atoms with Crippen molar-refractivity contribution in [3.63, 3.8) is 0 Å². The minimum atomic E-state index is -5.48. The molecule has 0 aliphatic heterocycles. The van der Waals surface area contributed by atoms with Gasteiger partial charge in [0.1, 0.15) is 6.10 Å². The molecule has 0 bridgehead atoms. The van der Waals surface area contributed by atoms with E-state index in [1.165, 1.54) is 0 Å². The van der Waals surface area contributed by atoms with Crippen molar-refractivity contribution in [2.75, 3.05) is 0 Å². The van der Waals surface area contributed by atoms with Crippen LogP contribution in [-0.2, 0) is 10.1 Å². The van der Waals surface area contributed by atoms with E-state index in [4.69, 9.17) is 9.29 Å². The second kappa shape index (κ2) is 7.11. The van der Waals surface area contributed by atoms with Gasteiger partial charge in [0.2, 0.25) is 11.6 Å². The summed E-state index contributed by atoms with van der Waals surface area (Å²) in [6.45, 7) is 5.80. The van der Waals surface area contributed by atoms with Gasteiger partial charge in [-0.25, -0.2) is 8.78 Å². The monoisotopic (exact) mass is 384 g/mol. The van der Waals surface area contributed by atoms with Gasteiger partial charge in [-0.15, -0.1) is 0 Å². The lowest BCUT2D eigenvalue weighted by atomic mass is 9.76. The predicted octanol–water partition coefficient (Wildman–Crippen LogP) is 4.33. The molecule has 1 aromatic rings. The minimum Gasteiger partial charge on any atom is -0.484 e. The van der Waals surface area contributed by atoms with E-state index in [-0.39, 0.29) is 11.8 Å². The normalized spacial score (nSPS) is 24.6. The Balaban J connectivity index is 2.43. The average molecular weight is 384 g/mol. The Labute approximate surface area is 143 Å². The number of hydrogen-bond donors (Lipinski definition) is 1. The Bertz CT molecular complexity index is 735.